The van der Waals surface area contributed by atoms with Gasteiger partial charge in [0.15, 0.2) is 0 Å². The number of halogens is 1. The number of nitrogen functional groups attached to an aromatic ring is 1. The number of aromatic nitrogens is 2. The van der Waals surface area contributed by atoms with Crippen LogP contribution in [-0.2, 0) is 6.54 Å². The zero-order valence-corrected chi connectivity index (χ0v) is 9.31. The number of hydrogen-bond donors (Lipinski definition) is 1. The monoisotopic (exact) mass is 230 g/mol. The minimum atomic E-state index is -0.507. The minimum absolute atomic E-state index is 0.0419. The van der Waals surface area contributed by atoms with Crippen molar-refractivity contribution in [3.05, 3.63) is 46.9 Å². The zero-order valence-electron chi connectivity index (χ0n) is 9.31. The summed E-state index contributed by atoms with van der Waals surface area (Å²) in [6.45, 7) is 2.36. The van der Waals surface area contributed by atoms with Gasteiger partial charge in [-0.05, 0) is 24.6 Å². The number of rotatable bonds is 2. The SMILES string of the molecule is Cc1cc(N)nn1Cc1ccc(F)c(C#N)c1. The Labute approximate surface area is 98.1 Å². The van der Waals surface area contributed by atoms with Crippen molar-refractivity contribution in [2.24, 2.45) is 0 Å². The molecule has 0 amide bonds. The summed E-state index contributed by atoms with van der Waals surface area (Å²) in [6.07, 6.45) is 0. The van der Waals surface area contributed by atoms with E-state index in [9.17, 15) is 4.39 Å². The molecule has 0 atom stereocenters. The lowest BCUT2D eigenvalue weighted by Crippen LogP contribution is -2.04. The second-order valence-electron chi connectivity index (χ2n) is 3.79. The van der Waals surface area contributed by atoms with Crippen LogP contribution in [0.1, 0.15) is 16.8 Å². The highest BCUT2D eigenvalue weighted by Crippen LogP contribution is 2.12. The van der Waals surface area contributed by atoms with Gasteiger partial charge >= 0.3 is 0 Å². The first-order valence-electron chi connectivity index (χ1n) is 5.08. The fourth-order valence-corrected chi connectivity index (χ4v) is 1.63. The van der Waals surface area contributed by atoms with Crippen LogP contribution in [0.15, 0.2) is 24.3 Å². The summed E-state index contributed by atoms with van der Waals surface area (Å²) >= 11 is 0. The molecule has 0 aliphatic carbocycles. The Morgan fingerprint density at radius 1 is 1.47 bits per heavy atom. The van der Waals surface area contributed by atoms with Crippen LogP contribution in [0, 0.1) is 24.1 Å². The van der Waals surface area contributed by atoms with E-state index in [2.05, 4.69) is 5.10 Å². The van der Waals surface area contributed by atoms with Gasteiger partial charge in [-0.3, -0.25) is 4.68 Å². The van der Waals surface area contributed by atoms with Gasteiger partial charge in [-0.25, -0.2) is 4.39 Å². The number of anilines is 1. The fraction of sp³-hybridized carbons (Fsp3) is 0.167. The maximum atomic E-state index is 13.1. The molecule has 0 saturated carbocycles. The lowest BCUT2D eigenvalue weighted by Gasteiger charge is -2.05. The van der Waals surface area contributed by atoms with E-state index in [0.29, 0.717) is 12.4 Å². The first-order chi connectivity index (χ1) is 8.10. The van der Waals surface area contributed by atoms with E-state index in [-0.39, 0.29) is 5.56 Å². The van der Waals surface area contributed by atoms with Gasteiger partial charge in [0.2, 0.25) is 0 Å². The molecule has 0 unspecified atom stereocenters. The van der Waals surface area contributed by atoms with Gasteiger partial charge in [-0.1, -0.05) is 6.07 Å². The first-order valence-corrected chi connectivity index (χ1v) is 5.08. The average molecular weight is 230 g/mol. The van der Waals surface area contributed by atoms with Crippen LogP contribution in [0.5, 0.6) is 0 Å². The number of benzene rings is 1. The molecule has 0 aliphatic heterocycles. The largest absolute Gasteiger partial charge is 0.382 e. The summed E-state index contributed by atoms with van der Waals surface area (Å²) in [6, 6.07) is 8.01. The second-order valence-corrected chi connectivity index (χ2v) is 3.79. The number of nitrogens with zero attached hydrogens (tertiary/aromatic N) is 3. The molecule has 0 saturated heterocycles. The third kappa shape index (κ3) is 2.26. The van der Waals surface area contributed by atoms with Gasteiger partial charge in [-0.2, -0.15) is 10.4 Å². The van der Waals surface area contributed by atoms with Crippen molar-refractivity contribution in [3.8, 4) is 6.07 Å². The van der Waals surface area contributed by atoms with E-state index in [4.69, 9.17) is 11.0 Å². The molecular formula is C12H11FN4. The van der Waals surface area contributed by atoms with E-state index >= 15 is 0 Å². The molecule has 0 bridgehead atoms. The van der Waals surface area contributed by atoms with E-state index in [1.54, 1.807) is 16.8 Å². The predicted molar refractivity (Wildman–Crippen MR) is 61.6 cm³/mol. The smallest absolute Gasteiger partial charge is 0.145 e. The molecule has 0 fully saturated rings. The van der Waals surface area contributed by atoms with Crippen LogP contribution in [0.3, 0.4) is 0 Å². The van der Waals surface area contributed by atoms with Crippen molar-refractivity contribution >= 4 is 5.82 Å². The Balaban J connectivity index is 2.31. The minimum Gasteiger partial charge on any atom is -0.382 e. The van der Waals surface area contributed by atoms with Crippen LogP contribution in [0.2, 0.25) is 0 Å². The quantitative estimate of drug-likeness (QED) is 0.855. The number of hydrogen-bond acceptors (Lipinski definition) is 3. The van der Waals surface area contributed by atoms with Gasteiger partial charge in [0.25, 0.3) is 0 Å². The normalized spacial score (nSPS) is 10.2. The summed E-state index contributed by atoms with van der Waals surface area (Å²) in [4.78, 5) is 0. The summed E-state index contributed by atoms with van der Waals surface area (Å²) in [5, 5.41) is 12.8. The summed E-state index contributed by atoms with van der Waals surface area (Å²) in [5.41, 5.74) is 7.35. The molecule has 4 nitrogen and oxygen atoms in total. The Morgan fingerprint density at radius 3 is 2.82 bits per heavy atom. The molecule has 0 spiro atoms. The van der Waals surface area contributed by atoms with Crippen LogP contribution >= 0.6 is 0 Å². The molecule has 2 N–H and O–H groups in total. The lowest BCUT2D eigenvalue weighted by atomic mass is 10.1. The second kappa shape index (κ2) is 4.26. The topological polar surface area (TPSA) is 67.6 Å². The Bertz CT molecular complexity index is 595. The highest BCUT2D eigenvalue weighted by molar-refractivity contribution is 5.35. The molecule has 0 radical (unpaired) electrons. The fourth-order valence-electron chi connectivity index (χ4n) is 1.63. The predicted octanol–water partition coefficient (Wildman–Crippen LogP) is 1.83. The Hall–Kier alpha value is -2.35. The maximum Gasteiger partial charge on any atom is 0.145 e. The number of aryl methyl sites for hydroxylation is 1. The molecule has 86 valence electrons. The molecule has 1 aromatic carbocycles. The van der Waals surface area contributed by atoms with Crippen molar-refractivity contribution in [1.82, 2.24) is 9.78 Å². The van der Waals surface area contributed by atoms with Crippen molar-refractivity contribution in [2.45, 2.75) is 13.5 Å². The van der Waals surface area contributed by atoms with Crippen LogP contribution in [-0.4, -0.2) is 9.78 Å². The van der Waals surface area contributed by atoms with Crippen molar-refractivity contribution < 1.29 is 4.39 Å². The van der Waals surface area contributed by atoms with Crippen molar-refractivity contribution in [3.63, 3.8) is 0 Å². The lowest BCUT2D eigenvalue weighted by molar-refractivity contribution is 0.619. The van der Waals surface area contributed by atoms with Crippen LogP contribution < -0.4 is 5.73 Å². The van der Waals surface area contributed by atoms with E-state index < -0.39 is 5.82 Å². The van der Waals surface area contributed by atoms with Crippen molar-refractivity contribution in [2.75, 3.05) is 5.73 Å². The standard InChI is InChI=1S/C12H11FN4/c1-8-4-12(15)16-17(8)7-9-2-3-11(13)10(5-9)6-14/h2-5H,7H2,1H3,(H2,15,16). The summed E-state index contributed by atoms with van der Waals surface area (Å²) in [7, 11) is 0. The highest BCUT2D eigenvalue weighted by Gasteiger charge is 2.06. The Morgan fingerprint density at radius 2 is 2.24 bits per heavy atom. The van der Waals surface area contributed by atoms with Crippen molar-refractivity contribution in [1.29, 1.82) is 5.26 Å². The van der Waals surface area contributed by atoms with E-state index in [1.165, 1.54) is 12.1 Å². The third-order valence-corrected chi connectivity index (χ3v) is 2.48. The van der Waals surface area contributed by atoms with Crippen LogP contribution in [0.25, 0.3) is 0 Å². The van der Waals surface area contributed by atoms with Gasteiger partial charge < -0.3 is 5.73 Å². The summed E-state index contributed by atoms with van der Waals surface area (Å²) < 4.78 is 14.8. The molecule has 1 aromatic heterocycles. The molecule has 1 heterocycles. The first kappa shape index (κ1) is 11.1. The van der Waals surface area contributed by atoms with Gasteiger partial charge in [0.1, 0.15) is 17.7 Å². The van der Waals surface area contributed by atoms with Gasteiger partial charge in [0.05, 0.1) is 12.1 Å². The molecule has 2 rings (SSSR count). The molecular weight excluding hydrogens is 219 g/mol. The zero-order chi connectivity index (χ0) is 12.4. The van der Waals surface area contributed by atoms with Gasteiger partial charge in [0, 0.05) is 11.8 Å². The molecule has 17 heavy (non-hydrogen) atoms. The molecule has 2 aromatic rings. The highest BCUT2D eigenvalue weighted by atomic mass is 19.1. The van der Waals surface area contributed by atoms with Crippen LogP contribution in [0.4, 0.5) is 10.2 Å². The van der Waals surface area contributed by atoms with Gasteiger partial charge in [-0.15, -0.1) is 0 Å². The molecule has 0 aliphatic rings. The summed E-state index contributed by atoms with van der Waals surface area (Å²) in [5.74, 6) is -0.0573. The maximum absolute atomic E-state index is 13.1. The average Bonchev–Trinajstić information content (AvgIpc) is 2.60. The number of nitrogens with two attached hydrogens (primary N) is 1. The van der Waals surface area contributed by atoms with E-state index in [0.717, 1.165) is 11.3 Å². The molecule has 5 heteroatoms. The Kier molecular flexibility index (Phi) is 2.79. The van der Waals surface area contributed by atoms with E-state index in [1.807, 2.05) is 13.0 Å². The number of nitriles is 1. The third-order valence-electron chi connectivity index (χ3n) is 2.48.